The van der Waals surface area contributed by atoms with E-state index in [0.717, 1.165) is 0 Å². The SMILES string of the molecule is CC(CC(=O)NCCC(O)C(=O)O)C(C)(C)C. The van der Waals surface area contributed by atoms with Crippen LogP contribution in [0.3, 0.4) is 0 Å². The molecular formula is C12H23NO4. The molecule has 0 aliphatic carbocycles. The van der Waals surface area contributed by atoms with Gasteiger partial charge in [-0.1, -0.05) is 27.7 Å². The molecular weight excluding hydrogens is 222 g/mol. The summed E-state index contributed by atoms with van der Waals surface area (Å²) in [5.74, 6) is -1.13. The largest absolute Gasteiger partial charge is 0.479 e. The first kappa shape index (κ1) is 15.9. The third-order valence-electron chi connectivity index (χ3n) is 2.99. The Bertz CT molecular complexity index is 270. The monoisotopic (exact) mass is 245 g/mol. The molecule has 0 saturated heterocycles. The highest BCUT2D eigenvalue weighted by Gasteiger charge is 2.22. The lowest BCUT2D eigenvalue weighted by Gasteiger charge is -2.26. The average molecular weight is 245 g/mol. The minimum absolute atomic E-state index is 0.0327. The number of carboxylic acid groups (broad SMARTS) is 1. The Balaban J connectivity index is 3.85. The second kappa shape index (κ2) is 6.59. The molecule has 0 aliphatic heterocycles. The minimum Gasteiger partial charge on any atom is -0.479 e. The van der Waals surface area contributed by atoms with E-state index in [1.165, 1.54) is 0 Å². The molecule has 5 nitrogen and oxygen atoms in total. The zero-order valence-corrected chi connectivity index (χ0v) is 11.0. The van der Waals surface area contributed by atoms with E-state index in [0.29, 0.717) is 6.42 Å². The van der Waals surface area contributed by atoms with Crippen molar-refractivity contribution in [2.75, 3.05) is 6.54 Å². The van der Waals surface area contributed by atoms with Crippen LogP contribution in [0.2, 0.25) is 0 Å². The highest BCUT2D eigenvalue weighted by molar-refractivity contribution is 5.76. The highest BCUT2D eigenvalue weighted by Crippen LogP contribution is 2.27. The third-order valence-corrected chi connectivity index (χ3v) is 2.99. The van der Waals surface area contributed by atoms with Crippen LogP contribution < -0.4 is 5.32 Å². The fourth-order valence-corrected chi connectivity index (χ4v) is 1.13. The topological polar surface area (TPSA) is 86.6 Å². The molecule has 17 heavy (non-hydrogen) atoms. The van der Waals surface area contributed by atoms with Crippen molar-refractivity contribution < 1.29 is 19.8 Å². The number of carboxylic acids is 1. The van der Waals surface area contributed by atoms with Gasteiger partial charge >= 0.3 is 5.97 Å². The number of aliphatic hydroxyl groups excluding tert-OH is 1. The highest BCUT2D eigenvalue weighted by atomic mass is 16.4. The maximum atomic E-state index is 11.5. The molecule has 2 atom stereocenters. The predicted octanol–water partition coefficient (Wildman–Crippen LogP) is 1.01. The number of aliphatic carboxylic acids is 1. The Morgan fingerprint density at radius 3 is 2.24 bits per heavy atom. The molecule has 1 amide bonds. The molecule has 0 bridgehead atoms. The van der Waals surface area contributed by atoms with Crippen LogP contribution in [0.4, 0.5) is 0 Å². The van der Waals surface area contributed by atoms with Crippen LogP contribution in [0.5, 0.6) is 0 Å². The van der Waals surface area contributed by atoms with Crippen LogP contribution >= 0.6 is 0 Å². The van der Waals surface area contributed by atoms with Gasteiger partial charge < -0.3 is 15.5 Å². The molecule has 0 heterocycles. The zero-order chi connectivity index (χ0) is 13.6. The fraction of sp³-hybridized carbons (Fsp3) is 0.833. The van der Waals surface area contributed by atoms with Gasteiger partial charge in [-0.05, 0) is 11.3 Å². The lowest BCUT2D eigenvalue weighted by atomic mass is 9.80. The van der Waals surface area contributed by atoms with E-state index in [9.17, 15) is 9.59 Å². The molecule has 2 unspecified atom stereocenters. The van der Waals surface area contributed by atoms with Crippen molar-refractivity contribution in [3.63, 3.8) is 0 Å². The number of aliphatic hydroxyl groups is 1. The molecule has 0 aromatic carbocycles. The molecule has 0 spiro atoms. The molecule has 0 aromatic rings. The molecule has 0 aromatic heterocycles. The Kier molecular flexibility index (Phi) is 6.16. The van der Waals surface area contributed by atoms with Crippen molar-refractivity contribution >= 4 is 11.9 Å². The number of hydrogen-bond donors (Lipinski definition) is 3. The first-order valence-electron chi connectivity index (χ1n) is 5.82. The standard InChI is InChI=1S/C12H23NO4/c1-8(12(2,3)4)7-10(15)13-6-5-9(14)11(16)17/h8-9,14H,5-7H2,1-4H3,(H,13,15)(H,16,17). The molecule has 0 fully saturated rings. The third kappa shape index (κ3) is 6.94. The molecule has 5 heteroatoms. The summed E-state index contributed by atoms with van der Waals surface area (Å²) in [6.45, 7) is 8.40. The van der Waals surface area contributed by atoms with E-state index >= 15 is 0 Å². The van der Waals surface area contributed by atoms with Gasteiger partial charge in [0.2, 0.25) is 5.91 Å². The van der Waals surface area contributed by atoms with Crippen LogP contribution in [-0.4, -0.2) is 34.7 Å². The second-order valence-corrected chi connectivity index (χ2v) is 5.46. The molecule has 3 N–H and O–H groups in total. The van der Waals surface area contributed by atoms with E-state index in [2.05, 4.69) is 26.1 Å². The molecule has 0 radical (unpaired) electrons. The van der Waals surface area contributed by atoms with Crippen molar-refractivity contribution in [2.45, 2.75) is 46.6 Å². The summed E-state index contributed by atoms with van der Waals surface area (Å²) in [5.41, 5.74) is 0.0674. The van der Waals surface area contributed by atoms with E-state index in [1.54, 1.807) is 0 Å². The lowest BCUT2D eigenvalue weighted by molar-refractivity contribution is -0.147. The number of nitrogens with one attached hydrogen (secondary N) is 1. The molecule has 0 saturated carbocycles. The number of rotatable bonds is 6. The first-order valence-corrected chi connectivity index (χ1v) is 5.82. The summed E-state index contributed by atoms with van der Waals surface area (Å²) in [6, 6.07) is 0. The van der Waals surface area contributed by atoms with Crippen molar-refractivity contribution in [1.29, 1.82) is 0 Å². The van der Waals surface area contributed by atoms with Crippen LogP contribution in [0, 0.1) is 11.3 Å². The van der Waals surface area contributed by atoms with Crippen molar-refractivity contribution in [1.82, 2.24) is 5.32 Å². The van der Waals surface area contributed by atoms with Crippen molar-refractivity contribution in [2.24, 2.45) is 11.3 Å². The van der Waals surface area contributed by atoms with E-state index < -0.39 is 12.1 Å². The van der Waals surface area contributed by atoms with Gasteiger partial charge in [0.25, 0.3) is 0 Å². The summed E-state index contributed by atoms with van der Waals surface area (Å²) < 4.78 is 0. The van der Waals surface area contributed by atoms with Crippen LogP contribution in [0.1, 0.15) is 40.5 Å². The van der Waals surface area contributed by atoms with Crippen LogP contribution in [0.15, 0.2) is 0 Å². The van der Waals surface area contributed by atoms with Crippen molar-refractivity contribution in [3.05, 3.63) is 0 Å². The molecule has 0 rings (SSSR count). The first-order chi connectivity index (χ1) is 7.64. The summed E-state index contributed by atoms with van der Waals surface area (Å²) in [6.07, 6.45) is -0.965. The maximum Gasteiger partial charge on any atom is 0.332 e. The average Bonchev–Trinajstić information content (AvgIpc) is 2.15. The van der Waals surface area contributed by atoms with Gasteiger partial charge in [0, 0.05) is 19.4 Å². The van der Waals surface area contributed by atoms with Gasteiger partial charge in [0.1, 0.15) is 0 Å². The number of carbonyl (C=O) groups is 2. The quantitative estimate of drug-likeness (QED) is 0.652. The normalized spacial score (nSPS) is 15.1. The Morgan fingerprint density at radius 1 is 1.29 bits per heavy atom. The van der Waals surface area contributed by atoms with Gasteiger partial charge in [-0.2, -0.15) is 0 Å². The zero-order valence-electron chi connectivity index (χ0n) is 11.0. The fourth-order valence-electron chi connectivity index (χ4n) is 1.13. The Hall–Kier alpha value is -1.10. The number of hydrogen-bond acceptors (Lipinski definition) is 3. The summed E-state index contributed by atoms with van der Waals surface area (Å²) in [4.78, 5) is 21.8. The van der Waals surface area contributed by atoms with Gasteiger partial charge in [-0.15, -0.1) is 0 Å². The summed E-state index contributed by atoms with van der Waals surface area (Å²) in [7, 11) is 0. The van der Waals surface area contributed by atoms with Gasteiger partial charge in [-0.25, -0.2) is 4.79 Å². The Morgan fingerprint density at radius 2 is 1.82 bits per heavy atom. The van der Waals surface area contributed by atoms with Gasteiger partial charge in [0.05, 0.1) is 0 Å². The molecule has 0 aliphatic rings. The Labute approximate surface area is 102 Å². The van der Waals surface area contributed by atoms with Gasteiger partial charge in [-0.3, -0.25) is 4.79 Å². The van der Waals surface area contributed by atoms with Crippen LogP contribution in [-0.2, 0) is 9.59 Å². The summed E-state index contributed by atoms with van der Waals surface area (Å²) in [5, 5.41) is 20.0. The van der Waals surface area contributed by atoms with E-state index in [-0.39, 0.29) is 30.2 Å². The van der Waals surface area contributed by atoms with E-state index in [1.807, 2.05) is 6.92 Å². The minimum atomic E-state index is -1.41. The lowest BCUT2D eigenvalue weighted by Crippen LogP contribution is -2.32. The maximum absolute atomic E-state index is 11.5. The second-order valence-electron chi connectivity index (χ2n) is 5.46. The number of carbonyl (C=O) groups excluding carboxylic acids is 1. The van der Waals surface area contributed by atoms with Crippen molar-refractivity contribution in [3.8, 4) is 0 Å². The van der Waals surface area contributed by atoms with E-state index in [4.69, 9.17) is 10.2 Å². The summed E-state index contributed by atoms with van der Waals surface area (Å²) >= 11 is 0. The van der Waals surface area contributed by atoms with Crippen LogP contribution in [0.25, 0.3) is 0 Å². The smallest absolute Gasteiger partial charge is 0.332 e. The number of amides is 1. The molecule has 100 valence electrons. The van der Waals surface area contributed by atoms with Gasteiger partial charge in [0.15, 0.2) is 6.10 Å². The predicted molar refractivity (Wildman–Crippen MR) is 64.5 cm³/mol.